The molecule has 2 aliphatic rings. The van der Waals surface area contributed by atoms with Crippen molar-refractivity contribution >= 4 is 29.3 Å². The molecule has 0 saturated carbocycles. The number of carbonyl (C=O) groups excluding carboxylic acids is 2. The minimum atomic E-state index is -4.56. The maximum atomic E-state index is 13.2. The molecule has 2 aromatic carbocycles. The number of amides is 2. The van der Waals surface area contributed by atoms with Crippen molar-refractivity contribution < 1.29 is 22.8 Å². The lowest BCUT2D eigenvalue weighted by molar-refractivity contribution is -0.137. The van der Waals surface area contributed by atoms with Gasteiger partial charge in [-0.1, -0.05) is 32.9 Å². The Morgan fingerprint density at radius 1 is 1.08 bits per heavy atom. The van der Waals surface area contributed by atoms with Crippen LogP contribution in [0.2, 0.25) is 0 Å². The first-order valence-electron chi connectivity index (χ1n) is 12.9. The van der Waals surface area contributed by atoms with Crippen LogP contribution in [0.15, 0.2) is 58.6 Å². The summed E-state index contributed by atoms with van der Waals surface area (Å²) in [6.07, 6.45) is -1.52. The molecule has 208 valence electrons. The Morgan fingerprint density at radius 3 is 2.33 bits per heavy atom. The number of allylic oxidation sites excluding steroid dienone is 1. The van der Waals surface area contributed by atoms with Crippen molar-refractivity contribution in [3.63, 3.8) is 0 Å². The SMILES string of the molecule is CCN(CC)CC.CSc1cc(C#N)ccc1C1NC(=O)N(c2cccc(C(F)(F)F)c2)C2=C1C(=O)CCC2. The second-order valence-electron chi connectivity index (χ2n) is 9.09. The smallest absolute Gasteiger partial charge is 0.326 e. The summed E-state index contributed by atoms with van der Waals surface area (Å²) in [6.45, 7) is 10.1. The van der Waals surface area contributed by atoms with Crippen LogP contribution in [-0.2, 0) is 11.0 Å². The molecular formula is C29H33F3N4O2S. The monoisotopic (exact) mass is 558 g/mol. The summed E-state index contributed by atoms with van der Waals surface area (Å²) in [5, 5.41) is 12.0. The van der Waals surface area contributed by atoms with E-state index in [1.807, 2.05) is 6.26 Å². The summed E-state index contributed by atoms with van der Waals surface area (Å²) in [4.78, 5) is 30.4. The number of halogens is 3. The molecule has 10 heteroatoms. The molecule has 2 amide bonds. The fraction of sp³-hybridized carbons (Fsp3) is 0.414. The second kappa shape index (κ2) is 13.2. The highest BCUT2D eigenvalue weighted by Crippen LogP contribution is 2.42. The van der Waals surface area contributed by atoms with Gasteiger partial charge < -0.3 is 10.2 Å². The van der Waals surface area contributed by atoms with Crippen LogP contribution in [0.25, 0.3) is 0 Å². The fourth-order valence-electron chi connectivity index (χ4n) is 4.81. The van der Waals surface area contributed by atoms with E-state index in [0.29, 0.717) is 41.7 Å². The summed E-state index contributed by atoms with van der Waals surface area (Å²) in [5.41, 5.74) is 1.12. The predicted molar refractivity (Wildman–Crippen MR) is 147 cm³/mol. The molecule has 6 nitrogen and oxygen atoms in total. The lowest BCUT2D eigenvalue weighted by Crippen LogP contribution is -2.49. The van der Waals surface area contributed by atoms with Crippen LogP contribution in [0, 0.1) is 11.3 Å². The summed E-state index contributed by atoms with van der Waals surface area (Å²) in [5.74, 6) is -0.148. The number of anilines is 1. The van der Waals surface area contributed by atoms with Gasteiger partial charge in [-0.25, -0.2) is 4.79 Å². The van der Waals surface area contributed by atoms with Crippen LogP contribution in [0.5, 0.6) is 0 Å². The normalized spacial score (nSPS) is 17.3. The van der Waals surface area contributed by atoms with Crippen LogP contribution in [-0.4, -0.2) is 42.6 Å². The Morgan fingerprint density at radius 2 is 1.77 bits per heavy atom. The van der Waals surface area contributed by atoms with Gasteiger partial charge in [0.2, 0.25) is 0 Å². The van der Waals surface area contributed by atoms with Gasteiger partial charge in [-0.2, -0.15) is 18.4 Å². The molecule has 0 radical (unpaired) electrons. The maximum Gasteiger partial charge on any atom is 0.416 e. The first kappa shape index (κ1) is 30.3. The topological polar surface area (TPSA) is 76.4 Å². The van der Waals surface area contributed by atoms with E-state index in [4.69, 9.17) is 0 Å². The number of rotatable bonds is 6. The number of hydrogen-bond donors (Lipinski definition) is 1. The summed E-state index contributed by atoms with van der Waals surface area (Å²) in [7, 11) is 0. The van der Waals surface area contributed by atoms with E-state index in [1.54, 1.807) is 18.2 Å². The van der Waals surface area contributed by atoms with Gasteiger partial charge in [0.25, 0.3) is 0 Å². The highest BCUT2D eigenvalue weighted by Gasteiger charge is 2.41. The average Bonchev–Trinajstić information content (AvgIpc) is 2.93. The number of Topliss-reactive ketones (excluding diaryl/α,β-unsaturated/α-hetero) is 1. The maximum absolute atomic E-state index is 13.2. The quantitative estimate of drug-likeness (QED) is 0.389. The van der Waals surface area contributed by atoms with Crippen molar-refractivity contribution in [2.24, 2.45) is 0 Å². The second-order valence-corrected chi connectivity index (χ2v) is 9.94. The number of carbonyl (C=O) groups is 2. The molecular weight excluding hydrogens is 525 g/mol. The molecule has 1 heterocycles. The van der Waals surface area contributed by atoms with Crippen molar-refractivity contribution in [1.29, 1.82) is 5.26 Å². The van der Waals surface area contributed by atoms with E-state index in [1.165, 1.54) is 48.4 Å². The molecule has 1 aliphatic heterocycles. The van der Waals surface area contributed by atoms with Gasteiger partial charge in [-0.3, -0.25) is 9.69 Å². The van der Waals surface area contributed by atoms with E-state index in [-0.39, 0.29) is 11.5 Å². The fourth-order valence-corrected chi connectivity index (χ4v) is 5.47. The lowest BCUT2D eigenvalue weighted by atomic mass is 9.84. The number of hydrogen-bond acceptors (Lipinski definition) is 5. The van der Waals surface area contributed by atoms with Crippen molar-refractivity contribution in [1.82, 2.24) is 10.2 Å². The number of ketones is 1. The predicted octanol–water partition coefficient (Wildman–Crippen LogP) is 6.93. The van der Waals surface area contributed by atoms with Crippen molar-refractivity contribution in [2.75, 3.05) is 30.8 Å². The average molecular weight is 559 g/mol. The molecule has 39 heavy (non-hydrogen) atoms. The van der Waals surface area contributed by atoms with Crippen LogP contribution < -0.4 is 10.2 Å². The highest BCUT2D eigenvalue weighted by atomic mass is 32.2. The van der Waals surface area contributed by atoms with Gasteiger partial charge in [0.15, 0.2) is 5.78 Å². The number of thioether (sulfide) groups is 1. The van der Waals surface area contributed by atoms with Gasteiger partial charge >= 0.3 is 12.2 Å². The van der Waals surface area contributed by atoms with Crippen LogP contribution in [0.1, 0.15) is 62.8 Å². The molecule has 4 rings (SSSR count). The number of alkyl halides is 3. The molecule has 1 aliphatic carbocycles. The largest absolute Gasteiger partial charge is 0.416 e. The van der Waals surface area contributed by atoms with Crippen LogP contribution in [0.4, 0.5) is 23.7 Å². The van der Waals surface area contributed by atoms with E-state index in [9.17, 15) is 28.0 Å². The Kier molecular flexibility index (Phi) is 10.2. The third-order valence-electron chi connectivity index (χ3n) is 6.91. The number of nitriles is 1. The third-order valence-corrected chi connectivity index (χ3v) is 7.70. The zero-order chi connectivity index (χ0) is 28.7. The summed E-state index contributed by atoms with van der Waals surface area (Å²) >= 11 is 1.39. The Hall–Kier alpha value is -3.29. The Balaban J connectivity index is 0.000000532. The highest BCUT2D eigenvalue weighted by molar-refractivity contribution is 7.98. The minimum absolute atomic E-state index is 0.0582. The van der Waals surface area contributed by atoms with Gasteiger partial charge in [-0.05, 0) is 74.6 Å². The number of nitrogens with one attached hydrogen (secondary N) is 1. The van der Waals surface area contributed by atoms with Crippen LogP contribution >= 0.6 is 11.8 Å². The molecule has 0 bridgehead atoms. The number of nitrogens with zero attached hydrogens (tertiary/aromatic N) is 3. The number of benzene rings is 2. The molecule has 1 atom stereocenters. The first-order valence-corrected chi connectivity index (χ1v) is 14.2. The molecule has 0 aromatic heterocycles. The zero-order valence-electron chi connectivity index (χ0n) is 22.6. The molecule has 0 fully saturated rings. The van der Waals surface area contributed by atoms with Crippen molar-refractivity contribution in [3.05, 3.63) is 70.4 Å². The van der Waals surface area contributed by atoms with Gasteiger partial charge in [0.05, 0.1) is 28.9 Å². The molecule has 1 N–H and O–H groups in total. The molecule has 1 unspecified atom stereocenters. The van der Waals surface area contributed by atoms with E-state index in [0.717, 1.165) is 17.0 Å². The van der Waals surface area contributed by atoms with Gasteiger partial charge in [0.1, 0.15) is 0 Å². The minimum Gasteiger partial charge on any atom is -0.326 e. The van der Waals surface area contributed by atoms with Crippen molar-refractivity contribution in [2.45, 2.75) is 57.1 Å². The molecule has 0 saturated heterocycles. The van der Waals surface area contributed by atoms with E-state index >= 15 is 0 Å². The van der Waals surface area contributed by atoms with Gasteiger partial charge in [0, 0.05) is 22.6 Å². The Labute approximate surface area is 231 Å². The first-order chi connectivity index (χ1) is 18.6. The summed E-state index contributed by atoms with van der Waals surface area (Å²) < 4.78 is 39.7. The van der Waals surface area contributed by atoms with Gasteiger partial charge in [-0.15, -0.1) is 11.8 Å². The summed E-state index contributed by atoms with van der Waals surface area (Å²) in [6, 6.07) is 10.3. The molecule has 0 spiro atoms. The van der Waals surface area contributed by atoms with E-state index < -0.39 is 23.8 Å². The Bertz CT molecular complexity index is 1280. The van der Waals surface area contributed by atoms with Crippen molar-refractivity contribution in [3.8, 4) is 6.07 Å². The zero-order valence-corrected chi connectivity index (χ0v) is 23.4. The standard InChI is InChI=1S/C23H18F3N3O2S.C6H15N/c1-32-19-10-13(12-27)8-9-16(19)21-20-17(6-3-7-18(20)30)29(22(31)28-21)15-5-2-4-14(11-15)23(24,25)26;1-4-7(5-2)6-3/h2,4-5,8-11,21H,3,6-7H2,1H3,(H,28,31);4-6H2,1-3H3. The third kappa shape index (κ3) is 6.84. The number of urea groups is 1. The van der Waals surface area contributed by atoms with Crippen LogP contribution in [0.3, 0.4) is 0 Å². The lowest BCUT2D eigenvalue weighted by Gasteiger charge is -2.39. The van der Waals surface area contributed by atoms with E-state index in [2.05, 4.69) is 37.1 Å². The molecule has 2 aromatic rings.